The minimum Gasteiger partial charge on any atom is -0.461 e. The molecule has 0 bridgehead atoms. The van der Waals surface area contributed by atoms with Crippen molar-refractivity contribution >= 4 is 17.7 Å². The maximum Gasteiger partial charge on any atom is 0.264 e. The van der Waals surface area contributed by atoms with Crippen molar-refractivity contribution in [2.45, 2.75) is 42.0 Å². The summed E-state index contributed by atoms with van der Waals surface area (Å²) in [5.74, 6) is 0.499. The fraction of sp³-hybridized carbons (Fsp3) is 0.435. The van der Waals surface area contributed by atoms with Gasteiger partial charge >= 0.3 is 0 Å². The van der Waals surface area contributed by atoms with Crippen LogP contribution in [-0.2, 0) is 9.47 Å². The highest BCUT2D eigenvalue weighted by molar-refractivity contribution is 8.00. The Bertz CT molecular complexity index is 1110. The number of likely N-dealkylation sites (tertiary alicyclic amines) is 1. The lowest BCUT2D eigenvalue weighted by Crippen LogP contribution is -2.49. The Hall–Kier alpha value is -2.46. The van der Waals surface area contributed by atoms with Gasteiger partial charge < -0.3 is 13.9 Å². The van der Waals surface area contributed by atoms with E-state index in [1.54, 1.807) is 18.4 Å². The fourth-order valence-corrected chi connectivity index (χ4v) is 6.04. The van der Waals surface area contributed by atoms with Gasteiger partial charge in [0, 0.05) is 25.9 Å². The second-order valence-electron chi connectivity index (χ2n) is 8.48. The number of benzene rings is 1. The number of hydrogen-bond acceptors (Lipinski definition) is 8. The predicted octanol–water partition coefficient (Wildman–Crippen LogP) is 3.54. The molecule has 2 aromatic heterocycles. The molecule has 5 heterocycles. The molecular formula is C23H24N4O4S. The van der Waals surface area contributed by atoms with E-state index in [0.29, 0.717) is 30.0 Å². The Morgan fingerprint density at radius 3 is 2.53 bits per heavy atom. The molecule has 2 fully saturated rings. The monoisotopic (exact) mass is 452 g/mol. The fourth-order valence-electron chi connectivity index (χ4n) is 4.78. The van der Waals surface area contributed by atoms with Crippen LogP contribution in [0.4, 0.5) is 0 Å². The molecule has 2 unspecified atom stereocenters. The first kappa shape index (κ1) is 20.2. The molecule has 1 aromatic carbocycles. The number of rotatable bonds is 4. The van der Waals surface area contributed by atoms with Gasteiger partial charge in [0.1, 0.15) is 5.25 Å². The summed E-state index contributed by atoms with van der Waals surface area (Å²) in [6, 6.07) is 12.0. The zero-order valence-electron chi connectivity index (χ0n) is 17.8. The summed E-state index contributed by atoms with van der Waals surface area (Å²) in [5.41, 5.74) is 2.32. The topological polar surface area (TPSA) is 82.6 Å². The first-order chi connectivity index (χ1) is 15.6. The summed E-state index contributed by atoms with van der Waals surface area (Å²) in [5, 5.41) is 4.73. The lowest BCUT2D eigenvalue weighted by Gasteiger charge is -2.42. The highest BCUT2D eigenvalue weighted by atomic mass is 32.2. The number of fused-ring (bicyclic) bond motifs is 1. The lowest BCUT2D eigenvalue weighted by molar-refractivity contribution is -0.187. The second-order valence-corrected chi connectivity index (χ2v) is 9.59. The van der Waals surface area contributed by atoms with E-state index in [1.165, 1.54) is 22.0 Å². The Balaban J connectivity index is 1.29. The molecule has 6 rings (SSSR count). The van der Waals surface area contributed by atoms with E-state index in [2.05, 4.69) is 46.2 Å². The van der Waals surface area contributed by atoms with Gasteiger partial charge in [-0.05, 0) is 24.6 Å². The van der Waals surface area contributed by atoms with Crippen LogP contribution in [0.25, 0.3) is 11.6 Å². The first-order valence-electron chi connectivity index (χ1n) is 10.9. The maximum absolute atomic E-state index is 13.5. The number of hydrogen-bond donors (Lipinski definition) is 0. The summed E-state index contributed by atoms with van der Waals surface area (Å²) in [4.78, 5) is 20.4. The number of furan rings is 1. The van der Waals surface area contributed by atoms with E-state index in [-0.39, 0.29) is 17.2 Å². The average molecular weight is 453 g/mol. The highest BCUT2D eigenvalue weighted by Crippen LogP contribution is 2.44. The molecule has 2 saturated heterocycles. The molecule has 3 aliphatic heterocycles. The predicted molar refractivity (Wildman–Crippen MR) is 117 cm³/mol. The largest absolute Gasteiger partial charge is 0.461 e. The number of aryl methyl sites for hydroxylation is 1. The average Bonchev–Trinajstić information content (AvgIpc) is 3.59. The van der Waals surface area contributed by atoms with E-state index in [0.717, 1.165) is 31.5 Å². The van der Waals surface area contributed by atoms with Crippen molar-refractivity contribution in [3.63, 3.8) is 0 Å². The van der Waals surface area contributed by atoms with Crippen LogP contribution in [0.1, 0.15) is 34.8 Å². The van der Waals surface area contributed by atoms with Gasteiger partial charge in [-0.3, -0.25) is 9.69 Å². The van der Waals surface area contributed by atoms with Crippen LogP contribution in [0.5, 0.6) is 0 Å². The molecule has 1 spiro atoms. The third kappa shape index (κ3) is 3.40. The van der Waals surface area contributed by atoms with Crippen LogP contribution in [0.15, 0.2) is 52.2 Å². The molecule has 0 radical (unpaired) electrons. The third-order valence-electron chi connectivity index (χ3n) is 6.48. The van der Waals surface area contributed by atoms with Crippen LogP contribution >= 0.6 is 11.8 Å². The van der Waals surface area contributed by atoms with Crippen LogP contribution < -0.4 is 0 Å². The van der Waals surface area contributed by atoms with E-state index >= 15 is 0 Å². The molecule has 3 aliphatic rings. The number of carbonyl (C=O) groups is 1. The number of aromatic nitrogens is 3. The zero-order chi connectivity index (χ0) is 21.7. The quantitative estimate of drug-likeness (QED) is 0.595. The van der Waals surface area contributed by atoms with E-state index in [9.17, 15) is 4.79 Å². The molecule has 166 valence electrons. The smallest absolute Gasteiger partial charge is 0.264 e. The standard InChI is InChI=1S/C23H24N4O4S/c1-15-4-6-16(7-5-15)18(26-10-8-23(9-11-26)30-13-14-31-23)19-21(28)27-22(32-19)24-20(25-27)17-3-2-12-29-17/h2-7,12,18-19H,8-11,13-14H2,1H3. The van der Waals surface area contributed by atoms with Gasteiger partial charge in [0.05, 0.1) is 25.5 Å². The SMILES string of the molecule is Cc1ccc(C(C2Sc3nc(-c4ccco4)nn3C2=O)N2CCC3(CC2)OCCO3)cc1. The van der Waals surface area contributed by atoms with Crippen molar-refractivity contribution in [2.24, 2.45) is 0 Å². The zero-order valence-corrected chi connectivity index (χ0v) is 18.6. The molecule has 8 nitrogen and oxygen atoms in total. The van der Waals surface area contributed by atoms with Gasteiger partial charge in [-0.1, -0.05) is 41.6 Å². The van der Waals surface area contributed by atoms with Gasteiger partial charge in [-0.25, -0.2) is 0 Å². The van der Waals surface area contributed by atoms with Crippen LogP contribution in [0.2, 0.25) is 0 Å². The van der Waals surface area contributed by atoms with Crippen LogP contribution in [0, 0.1) is 6.92 Å². The number of piperidine rings is 1. The van der Waals surface area contributed by atoms with E-state index in [4.69, 9.17) is 13.9 Å². The third-order valence-corrected chi connectivity index (χ3v) is 7.66. The first-order valence-corrected chi connectivity index (χ1v) is 11.8. The maximum atomic E-state index is 13.5. The Morgan fingerprint density at radius 2 is 1.88 bits per heavy atom. The molecule has 0 saturated carbocycles. The minimum absolute atomic E-state index is 0.0467. The van der Waals surface area contributed by atoms with Crippen molar-refractivity contribution in [1.29, 1.82) is 0 Å². The molecular weight excluding hydrogens is 428 g/mol. The molecule has 0 N–H and O–H groups in total. The molecule has 3 aromatic rings. The summed E-state index contributed by atoms with van der Waals surface area (Å²) in [6.45, 7) is 4.99. The summed E-state index contributed by atoms with van der Waals surface area (Å²) in [6.07, 6.45) is 3.17. The van der Waals surface area contributed by atoms with Gasteiger partial charge in [0.15, 0.2) is 16.7 Å². The number of ether oxygens (including phenoxy) is 2. The summed E-state index contributed by atoms with van der Waals surface area (Å²) >= 11 is 1.48. The number of carbonyl (C=O) groups excluding carboxylic acids is 1. The van der Waals surface area contributed by atoms with Crippen molar-refractivity contribution in [1.82, 2.24) is 19.7 Å². The van der Waals surface area contributed by atoms with Crippen LogP contribution in [-0.4, -0.2) is 62.9 Å². The summed E-state index contributed by atoms with van der Waals surface area (Å²) in [7, 11) is 0. The number of nitrogens with zero attached hydrogens (tertiary/aromatic N) is 4. The van der Waals surface area contributed by atoms with Gasteiger partial charge in [0.2, 0.25) is 5.82 Å². The normalized spacial score (nSPS) is 23.7. The van der Waals surface area contributed by atoms with Crippen molar-refractivity contribution < 1.29 is 18.7 Å². The Kier molecular flexibility index (Phi) is 4.94. The molecule has 9 heteroatoms. The Labute approximate surface area is 189 Å². The van der Waals surface area contributed by atoms with Gasteiger partial charge in [-0.15, -0.1) is 5.10 Å². The molecule has 2 atom stereocenters. The van der Waals surface area contributed by atoms with E-state index in [1.807, 2.05) is 0 Å². The minimum atomic E-state index is -0.451. The molecule has 0 amide bonds. The summed E-state index contributed by atoms with van der Waals surface area (Å²) < 4.78 is 18.7. The highest BCUT2D eigenvalue weighted by Gasteiger charge is 2.47. The molecule has 0 aliphatic carbocycles. The molecule has 32 heavy (non-hydrogen) atoms. The lowest BCUT2D eigenvalue weighted by atomic mass is 9.95. The van der Waals surface area contributed by atoms with Gasteiger partial charge in [0.25, 0.3) is 5.91 Å². The van der Waals surface area contributed by atoms with Crippen molar-refractivity contribution in [2.75, 3.05) is 26.3 Å². The van der Waals surface area contributed by atoms with Crippen LogP contribution in [0.3, 0.4) is 0 Å². The second kappa shape index (κ2) is 7.84. The van der Waals surface area contributed by atoms with Crippen molar-refractivity contribution in [3.8, 4) is 11.6 Å². The van der Waals surface area contributed by atoms with E-state index < -0.39 is 5.79 Å². The number of thioether (sulfide) groups is 1. The van der Waals surface area contributed by atoms with Crippen molar-refractivity contribution in [3.05, 3.63) is 53.8 Å². The Morgan fingerprint density at radius 1 is 1.12 bits per heavy atom. The van der Waals surface area contributed by atoms with Gasteiger partial charge in [-0.2, -0.15) is 9.67 Å².